The van der Waals surface area contributed by atoms with Crippen LogP contribution in [-0.2, 0) is 19.1 Å². The van der Waals surface area contributed by atoms with Crippen molar-refractivity contribution >= 4 is 24.4 Å². The van der Waals surface area contributed by atoms with Crippen LogP contribution in [0, 0.1) is 0 Å². The van der Waals surface area contributed by atoms with Crippen LogP contribution in [0.3, 0.4) is 0 Å². The Hall–Kier alpha value is -2.16. The SMILES string of the molecule is COCC(C)OC(=O)CN(C)C(=O)NC(=O)NC=O. The van der Waals surface area contributed by atoms with Gasteiger partial charge in [-0.1, -0.05) is 0 Å². The molecule has 0 rings (SSSR count). The lowest BCUT2D eigenvalue weighted by Crippen LogP contribution is -2.47. The van der Waals surface area contributed by atoms with E-state index in [2.05, 4.69) is 0 Å². The lowest BCUT2D eigenvalue weighted by atomic mass is 10.4. The standard InChI is InChI=1S/C10H17N3O6/c1-7(5-18-3)19-8(15)4-13(2)10(17)12-9(16)11-6-14/h6-7H,4-5H2,1-3H3,(H2,11,12,14,16,17). The number of hydrogen-bond acceptors (Lipinski definition) is 6. The zero-order chi connectivity index (χ0) is 14.8. The molecular formula is C10H17N3O6. The smallest absolute Gasteiger partial charge is 0.329 e. The number of hydrogen-bond donors (Lipinski definition) is 2. The van der Waals surface area contributed by atoms with Crippen molar-refractivity contribution in [3.63, 3.8) is 0 Å². The fraction of sp³-hybridized carbons (Fsp3) is 0.600. The lowest BCUT2D eigenvalue weighted by molar-refractivity contribution is -0.150. The van der Waals surface area contributed by atoms with Crippen molar-refractivity contribution < 1.29 is 28.7 Å². The van der Waals surface area contributed by atoms with Crippen molar-refractivity contribution in [3.8, 4) is 0 Å². The summed E-state index contributed by atoms with van der Waals surface area (Å²) in [4.78, 5) is 44.5. The van der Waals surface area contributed by atoms with Gasteiger partial charge in [-0.25, -0.2) is 9.59 Å². The van der Waals surface area contributed by atoms with Crippen LogP contribution in [0.25, 0.3) is 0 Å². The Morgan fingerprint density at radius 2 is 2.00 bits per heavy atom. The fourth-order valence-corrected chi connectivity index (χ4v) is 1.08. The van der Waals surface area contributed by atoms with E-state index >= 15 is 0 Å². The van der Waals surface area contributed by atoms with Gasteiger partial charge in [0.1, 0.15) is 12.6 Å². The van der Waals surface area contributed by atoms with Crippen LogP contribution >= 0.6 is 0 Å². The van der Waals surface area contributed by atoms with Gasteiger partial charge in [0.15, 0.2) is 0 Å². The Morgan fingerprint density at radius 1 is 1.37 bits per heavy atom. The first-order valence-corrected chi connectivity index (χ1v) is 5.35. The summed E-state index contributed by atoms with van der Waals surface area (Å²) in [6, 6.07) is -1.82. The molecule has 9 nitrogen and oxygen atoms in total. The number of imide groups is 2. The molecule has 0 saturated carbocycles. The summed E-state index contributed by atoms with van der Waals surface area (Å²) < 4.78 is 9.70. The number of amides is 5. The second kappa shape index (κ2) is 8.86. The van der Waals surface area contributed by atoms with Crippen LogP contribution in [0.4, 0.5) is 9.59 Å². The molecule has 108 valence electrons. The van der Waals surface area contributed by atoms with E-state index in [1.807, 2.05) is 5.32 Å². The van der Waals surface area contributed by atoms with Crippen molar-refractivity contribution in [2.75, 3.05) is 27.3 Å². The molecule has 0 aromatic heterocycles. The molecule has 0 radical (unpaired) electrons. The van der Waals surface area contributed by atoms with E-state index in [4.69, 9.17) is 9.47 Å². The highest BCUT2D eigenvalue weighted by Crippen LogP contribution is 1.94. The topological polar surface area (TPSA) is 114 Å². The van der Waals surface area contributed by atoms with E-state index < -0.39 is 24.1 Å². The van der Waals surface area contributed by atoms with Crippen molar-refractivity contribution in [1.29, 1.82) is 0 Å². The molecule has 0 aliphatic carbocycles. The number of nitrogens with one attached hydrogen (secondary N) is 2. The van der Waals surface area contributed by atoms with Crippen LogP contribution in [0.15, 0.2) is 0 Å². The Morgan fingerprint density at radius 3 is 2.53 bits per heavy atom. The predicted molar refractivity (Wildman–Crippen MR) is 63.2 cm³/mol. The summed E-state index contributed by atoms with van der Waals surface area (Å²) in [5.41, 5.74) is 0. The highest BCUT2D eigenvalue weighted by Gasteiger charge is 2.17. The molecule has 0 aliphatic heterocycles. The summed E-state index contributed by atoms with van der Waals surface area (Å²) in [6.45, 7) is 1.54. The first-order valence-electron chi connectivity index (χ1n) is 5.35. The van der Waals surface area contributed by atoms with E-state index in [1.165, 1.54) is 14.2 Å². The summed E-state index contributed by atoms with van der Waals surface area (Å²) in [7, 11) is 2.77. The maximum Gasteiger partial charge on any atom is 0.329 e. The highest BCUT2D eigenvalue weighted by atomic mass is 16.6. The number of likely N-dealkylation sites (N-methyl/N-ethyl adjacent to an activating group) is 1. The average Bonchev–Trinajstić information content (AvgIpc) is 2.28. The van der Waals surface area contributed by atoms with E-state index in [9.17, 15) is 19.2 Å². The van der Waals surface area contributed by atoms with Crippen LogP contribution in [-0.4, -0.2) is 62.8 Å². The molecule has 0 aliphatic rings. The summed E-state index contributed by atoms with van der Waals surface area (Å²) >= 11 is 0. The molecule has 0 aromatic rings. The minimum atomic E-state index is -0.979. The van der Waals surface area contributed by atoms with Gasteiger partial charge in [-0.15, -0.1) is 0 Å². The van der Waals surface area contributed by atoms with Gasteiger partial charge in [0, 0.05) is 14.2 Å². The number of ether oxygens (including phenoxy) is 2. The molecule has 0 spiro atoms. The van der Waals surface area contributed by atoms with Gasteiger partial charge in [-0.2, -0.15) is 0 Å². The quantitative estimate of drug-likeness (QED) is 0.478. The fourth-order valence-electron chi connectivity index (χ4n) is 1.08. The van der Waals surface area contributed by atoms with Crippen LogP contribution in [0.5, 0.6) is 0 Å². The van der Waals surface area contributed by atoms with Crippen molar-refractivity contribution in [3.05, 3.63) is 0 Å². The molecule has 19 heavy (non-hydrogen) atoms. The second-order valence-corrected chi connectivity index (χ2v) is 3.63. The normalized spacial score (nSPS) is 11.1. The van der Waals surface area contributed by atoms with Gasteiger partial charge in [0.05, 0.1) is 6.61 Å². The highest BCUT2D eigenvalue weighted by molar-refractivity contribution is 5.97. The van der Waals surface area contributed by atoms with Gasteiger partial charge in [0.2, 0.25) is 6.41 Å². The van der Waals surface area contributed by atoms with Crippen LogP contribution < -0.4 is 10.6 Å². The number of nitrogens with zero attached hydrogens (tertiary/aromatic N) is 1. The molecule has 0 fully saturated rings. The minimum absolute atomic E-state index is 0.128. The van der Waals surface area contributed by atoms with Gasteiger partial charge in [-0.05, 0) is 6.92 Å². The third kappa shape index (κ3) is 7.71. The molecule has 5 amide bonds. The van der Waals surface area contributed by atoms with Crippen LogP contribution in [0.1, 0.15) is 6.92 Å². The summed E-state index contributed by atoms with van der Waals surface area (Å²) in [6.07, 6.45) is -0.309. The molecule has 0 heterocycles. The number of esters is 1. The molecule has 0 bridgehead atoms. The zero-order valence-corrected chi connectivity index (χ0v) is 11.0. The van der Waals surface area contributed by atoms with Crippen molar-refractivity contribution in [2.45, 2.75) is 13.0 Å². The molecule has 2 N–H and O–H groups in total. The van der Waals surface area contributed by atoms with Crippen molar-refractivity contribution in [1.82, 2.24) is 15.5 Å². The molecule has 9 heteroatoms. The number of urea groups is 2. The molecule has 0 saturated heterocycles. The monoisotopic (exact) mass is 275 g/mol. The Labute approximate surface area is 110 Å². The van der Waals surface area contributed by atoms with Crippen molar-refractivity contribution in [2.24, 2.45) is 0 Å². The second-order valence-electron chi connectivity index (χ2n) is 3.63. The lowest BCUT2D eigenvalue weighted by Gasteiger charge is -2.18. The van der Waals surface area contributed by atoms with E-state index in [1.54, 1.807) is 12.2 Å². The maximum absolute atomic E-state index is 11.4. The first-order chi connectivity index (χ1) is 8.90. The van der Waals surface area contributed by atoms with Gasteiger partial charge in [0.25, 0.3) is 0 Å². The summed E-state index contributed by atoms with van der Waals surface area (Å²) in [5.74, 6) is -0.641. The van der Waals surface area contributed by atoms with Gasteiger partial charge >= 0.3 is 18.0 Å². The Kier molecular flexibility index (Phi) is 7.85. The zero-order valence-electron chi connectivity index (χ0n) is 11.0. The molecule has 1 atom stereocenters. The van der Waals surface area contributed by atoms with E-state index in [-0.39, 0.29) is 19.6 Å². The Balaban J connectivity index is 4.10. The molecule has 1 unspecified atom stereocenters. The minimum Gasteiger partial charge on any atom is -0.459 e. The maximum atomic E-state index is 11.4. The number of carbonyl (C=O) groups excluding carboxylic acids is 4. The van der Waals surface area contributed by atoms with Gasteiger partial charge in [-0.3, -0.25) is 20.2 Å². The third-order valence-electron chi connectivity index (χ3n) is 1.86. The predicted octanol–water partition coefficient (Wildman–Crippen LogP) is -0.928. The number of rotatable bonds is 6. The summed E-state index contributed by atoms with van der Waals surface area (Å²) in [5, 5.41) is 3.56. The number of carbonyl (C=O) groups is 4. The Bertz CT molecular complexity index is 346. The van der Waals surface area contributed by atoms with Gasteiger partial charge < -0.3 is 14.4 Å². The van der Waals surface area contributed by atoms with Crippen LogP contribution in [0.2, 0.25) is 0 Å². The molecule has 0 aromatic carbocycles. The van der Waals surface area contributed by atoms with E-state index in [0.29, 0.717) is 0 Å². The third-order valence-corrected chi connectivity index (χ3v) is 1.86. The largest absolute Gasteiger partial charge is 0.459 e. The first kappa shape index (κ1) is 16.8. The number of methoxy groups -OCH3 is 1. The van der Waals surface area contributed by atoms with E-state index in [0.717, 1.165) is 4.90 Å². The molecular weight excluding hydrogens is 258 g/mol. The average molecular weight is 275 g/mol.